The van der Waals surface area contributed by atoms with E-state index in [0.29, 0.717) is 11.8 Å². The number of esters is 1. The van der Waals surface area contributed by atoms with Gasteiger partial charge in [-0.15, -0.1) is 0 Å². The minimum atomic E-state index is -0.143. The van der Waals surface area contributed by atoms with Gasteiger partial charge in [0.2, 0.25) is 0 Å². The summed E-state index contributed by atoms with van der Waals surface area (Å²) in [5.74, 6) is 0.969. The number of carbonyl (C=O) groups is 1. The van der Waals surface area contributed by atoms with E-state index >= 15 is 0 Å². The van der Waals surface area contributed by atoms with Crippen molar-refractivity contribution in [3.8, 4) is 0 Å². The maximum atomic E-state index is 11.0. The van der Waals surface area contributed by atoms with Crippen molar-refractivity contribution in [3.63, 3.8) is 0 Å². The summed E-state index contributed by atoms with van der Waals surface area (Å²) in [5, 5.41) is 0. The zero-order chi connectivity index (χ0) is 11.3. The van der Waals surface area contributed by atoms with Gasteiger partial charge >= 0.3 is 5.97 Å². The van der Waals surface area contributed by atoms with Crippen LogP contribution in [-0.4, -0.2) is 12.1 Å². The van der Waals surface area contributed by atoms with Gasteiger partial charge in [-0.1, -0.05) is 26.0 Å². The molecule has 0 aromatic carbocycles. The third-order valence-corrected chi connectivity index (χ3v) is 2.86. The molecule has 2 nitrogen and oxygen atoms in total. The van der Waals surface area contributed by atoms with Gasteiger partial charge in [0.15, 0.2) is 0 Å². The molecule has 0 fully saturated rings. The average Bonchev–Trinajstić information content (AvgIpc) is 2.17. The van der Waals surface area contributed by atoms with E-state index in [9.17, 15) is 4.79 Å². The van der Waals surface area contributed by atoms with Crippen molar-refractivity contribution in [2.75, 3.05) is 0 Å². The zero-order valence-electron chi connectivity index (χ0n) is 10.0. The Morgan fingerprint density at radius 2 is 2.20 bits per heavy atom. The first kappa shape index (κ1) is 12.3. The van der Waals surface area contributed by atoms with Crippen molar-refractivity contribution in [2.45, 2.75) is 52.6 Å². The third kappa shape index (κ3) is 4.50. The van der Waals surface area contributed by atoms with Crippen molar-refractivity contribution in [1.29, 1.82) is 0 Å². The van der Waals surface area contributed by atoms with E-state index in [2.05, 4.69) is 26.0 Å². The number of carbonyl (C=O) groups excluding carboxylic acids is 1. The lowest BCUT2D eigenvalue weighted by atomic mass is 9.85. The number of hydrogen-bond acceptors (Lipinski definition) is 2. The predicted molar refractivity (Wildman–Crippen MR) is 61.5 cm³/mol. The van der Waals surface area contributed by atoms with Crippen LogP contribution in [-0.2, 0) is 9.53 Å². The fourth-order valence-corrected chi connectivity index (χ4v) is 2.17. The molecule has 0 saturated carbocycles. The van der Waals surface area contributed by atoms with Crippen LogP contribution in [0.4, 0.5) is 0 Å². The molecule has 0 aromatic heterocycles. The van der Waals surface area contributed by atoms with Crippen LogP contribution in [0.3, 0.4) is 0 Å². The molecular formula is C13H22O2. The molecule has 0 spiro atoms. The van der Waals surface area contributed by atoms with Crippen molar-refractivity contribution in [3.05, 3.63) is 12.2 Å². The molecule has 0 aromatic rings. The second kappa shape index (κ2) is 5.94. The topological polar surface area (TPSA) is 26.3 Å². The summed E-state index contributed by atoms with van der Waals surface area (Å²) < 4.78 is 5.43. The Bertz CT molecular complexity index is 231. The lowest BCUT2D eigenvalue weighted by Crippen LogP contribution is -2.28. The van der Waals surface area contributed by atoms with Crippen LogP contribution in [0.25, 0.3) is 0 Å². The fourth-order valence-electron chi connectivity index (χ4n) is 2.17. The molecular weight excluding hydrogens is 188 g/mol. The number of hydrogen-bond donors (Lipinski definition) is 0. The van der Waals surface area contributed by atoms with Gasteiger partial charge in [-0.05, 0) is 37.5 Å². The molecule has 1 aliphatic carbocycles. The molecule has 86 valence electrons. The van der Waals surface area contributed by atoms with Crippen LogP contribution in [0.15, 0.2) is 12.2 Å². The summed E-state index contributed by atoms with van der Waals surface area (Å²) in [6, 6.07) is 0. The van der Waals surface area contributed by atoms with E-state index in [-0.39, 0.29) is 12.1 Å². The van der Waals surface area contributed by atoms with Crippen LogP contribution in [0.1, 0.15) is 46.5 Å². The lowest BCUT2D eigenvalue weighted by Gasteiger charge is -2.28. The van der Waals surface area contributed by atoms with E-state index in [1.165, 1.54) is 6.92 Å². The summed E-state index contributed by atoms with van der Waals surface area (Å²) in [6.45, 7) is 5.86. The molecule has 0 saturated heterocycles. The van der Waals surface area contributed by atoms with E-state index < -0.39 is 0 Å². The highest BCUT2D eigenvalue weighted by Gasteiger charge is 2.24. The molecule has 0 amide bonds. The smallest absolute Gasteiger partial charge is 0.302 e. The predicted octanol–water partition coefficient (Wildman–Crippen LogP) is 3.32. The molecule has 2 heteroatoms. The standard InChI is InChI=1S/C13H22O2/c1-10(2)9-13(15-11(3)14)12-7-5-4-6-8-12/h4-5,10,12-13H,6-9H2,1-3H3. The lowest BCUT2D eigenvalue weighted by molar-refractivity contribution is -0.150. The Labute approximate surface area is 92.7 Å². The molecule has 1 rings (SSSR count). The molecule has 2 unspecified atom stereocenters. The Morgan fingerprint density at radius 1 is 1.47 bits per heavy atom. The van der Waals surface area contributed by atoms with Gasteiger partial charge in [0.25, 0.3) is 0 Å². The van der Waals surface area contributed by atoms with Gasteiger partial charge in [0, 0.05) is 6.92 Å². The van der Waals surface area contributed by atoms with E-state index in [1.54, 1.807) is 0 Å². The Balaban J connectivity index is 2.53. The monoisotopic (exact) mass is 210 g/mol. The van der Waals surface area contributed by atoms with E-state index in [0.717, 1.165) is 25.7 Å². The molecule has 0 bridgehead atoms. The van der Waals surface area contributed by atoms with Crippen molar-refractivity contribution < 1.29 is 9.53 Å². The van der Waals surface area contributed by atoms with Crippen LogP contribution >= 0.6 is 0 Å². The molecule has 0 heterocycles. The van der Waals surface area contributed by atoms with Gasteiger partial charge in [-0.2, -0.15) is 0 Å². The van der Waals surface area contributed by atoms with Gasteiger partial charge in [0.1, 0.15) is 6.10 Å². The number of rotatable bonds is 4. The summed E-state index contributed by atoms with van der Waals surface area (Å²) in [4.78, 5) is 11.0. The Morgan fingerprint density at radius 3 is 2.67 bits per heavy atom. The first-order chi connectivity index (χ1) is 7.09. The number of ether oxygens (including phenoxy) is 1. The Kier molecular flexibility index (Phi) is 4.86. The molecule has 2 atom stereocenters. The van der Waals surface area contributed by atoms with Crippen molar-refractivity contribution in [2.24, 2.45) is 11.8 Å². The minimum Gasteiger partial charge on any atom is -0.462 e. The second-order valence-corrected chi connectivity index (χ2v) is 4.82. The highest BCUT2D eigenvalue weighted by Crippen LogP contribution is 2.27. The van der Waals surface area contributed by atoms with Gasteiger partial charge in [0.05, 0.1) is 0 Å². The summed E-state index contributed by atoms with van der Waals surface area (Å²) in [5.41, 5.74) is 0. The summed E-state index contributed by atoms with van der Waals surface area (Å²) in [6.07, 6.45) is 8.87. The second-order valence-electron chi connectivity index (χ2n) is 4.82. The largest absolute Gasteiger partial charge is 0.462 e. The first-order valence-corrected chi connectivity index (χ1v) is 5.91. The molecule has 1 aliphatic rings. The SMILES string of the molecule is CC(=O)OC(CC(C)C)C1CC=CCC1. The van der Waals surface area contributed by atoms with Crippen molar-refractivity contribution >= 4 is 5.97 Å². The van der Waals surface area contributed by atoms with Crippen molar-refractivity contribution in [1.82, 2.24) is 0 Å². The summed E-state index contributed by atoms with van der Waals surface area (Å²) in [7, 11) is 0. The Hall–Kier alpha value is -0.790. The zero-order valence-corrected chi connectivity index (χ0v) is 10.0. The van der Waals surface area contributed by atoms with Crippen LogP contribution in [0.2, 0.25) is 0 Å². The van der Waals surface area contributed by atoms with Gasteiger partial charge in [-0.25, -0.2) is 0 Å². The molecule has 0 N–H and O–H groups in total. The maximum Gasteiger partial charge on any atom is 0.302 e. The fraction of sp³-hybridized carbons (Fsp3) is 0.769. The van der Waals surface area contributed by atoms with Gasteiger partial charge in [-0.3, -0.25) is 4.79 Å². The molecule has 0 aliphatic heterocycles. The average molecular weight is 210 g/mol. The maximum absolute atomic E-state index is 11.0. The quantitative estimate of drug-likeness (QED) is 0.525. The highest BCUT2D eigenvalue weighted by molar-refractivity contribution is 5.66. The normalized spacial score (nSPS) is 22.8. The van der Waals surface area contributed by atoms with Crippen LogP contribution < -0.4 is 0 Å². The van der Waals surface area contributed by atoms with E-state index in [1.807, 2.05) is 0 Å². The minimum absolute atomic E-state index is 0.118. The number of allylic oxidation sites excluding steroid dienone is 2. The van der Waals surface area contributed by atoms with E-state index in [4.69, 9.17) is 4.74 Å². The molecule has 0 radical (unpaired) electrons. The van der Waals surface area contributed by atoms with Crippen LogP contribution in [0, 0.1) is 11.8 Å². The molecule has 15 heavy (non-hydrogen) atoms. The first-order valence-electron chi connectivity index (χ1n) is 5.91. The van der Waals surface area contributed by atoms with Gasteiger partial charge < -0.3 is 4.74 Å². The summed E-state index contributed by atoms with van der Waals surface area (Å²) >= 11 is 0. The van der Waals surface area contributed by atoms with Crippen LogP contribution in [0.5, 0.6) is 0 Å². The highest BCUT2D eigenvalue weighted by atomic mass is 16.5. The third-order valence-electron chi connectivity index (χ3n) is 2.86.